The van der Waals surface area contributed by atoms with Gasteiger partial charge in [0.2, 0.25) is 17.7 Å². The first-order valence-corrected chi connectivity index (χ1v) is 15.2. The van der Waals surface area contributed by atoms with E-state index in [1.165, 1.54) is 0 Å². The summed E-state index contributed by atoms with van der Waals surface area (Å²) in [5.74, 6) is -1.30. The molecular weight excluding hydrogens is 550 g/mol. The highest BCUT2D eigenvalue weighted by atomic mass is 35.5. The van der Waals surface area contributed by atoms with Crippen LogP contribution in [0.2, 0.25) is 5.02 Å². The summed E-state index contributed by atoms with van der Waals surface area (Å²) in [6.45, 7) is 6.18. The summed E-state index contributed by atoms with van der Waals surface area (Å²) in [5, 5.41) is 16.9. The largest absolute Gasteiger partial charge is 0.494 e. The first kappa shape index (κ1) is 28.8. The van der Waals surface area contributed by atoms with Gasteiger partial charge in [0.05, 0.1) is 35.8 Å². The van der Waals surface area contributed by atoms with Crippen LogP contribution in [0.3, 0.4) is 0 Å². The molecule has 2 aromatic carbocycles. The van der Waals surface area contributed by atoms with Crippen LogP contribution in [-0.2, 0) is 14.4 Å². The number of fused-ring (bicyclic) bond motifs is 1. The molecule has 8 nitrogen and oxygen atoms in total. The number of nitrogens with zero attached hydrogens (tertiary/aromatic N) is 1. The number of halogens is 1. The second-order valence-corrected chi connectivity index (χ2v) is 12.9. The zero-order valence-corrected chi connectivity index (χ0v) is 24.5. The molecular formula is C30H36ClN3O5S. The fraction of sp³-hybridized carbons (Fsp3) is 0.500. The number of benzene rings is 2. The number of anilines is 2. The van der Waals surface area contributed by atoms with Crippen LogP contribution in [0.4, 0.5) is 11.4 Å². The normalized spacial score (nSPS) is 28.2. The molecule has 40 heavy (non-hydrogen) atoms. The summed E-state index contributed by atoms with van der Waals surface area (Å²) in [6, 6.07) is 12.7. The summed E-state index contributed by atoms with van der Waals surface area (Å²) in [6.07, 6.45) is 2.12. The van der Waals surface area contributed by atoms with Crippen LogP contribution in [0.25, 0.3) is 0 Å². The Bertz CT molecular complexity index is 1260. The van der Waals surface area contributed by atoms with Crippen molar-refractivity contribution in [2.75, 3.05) is 23.8 Å². The molecule has 2 aromatic rings. The average molecular weight is 586 g/mol. The lowest BCUT2D eigenvalue weighted by molar-refractivity contribution is -0.142. The fourth-order valence-electron chi connectivity index (χ4n) is 6.63. The SMILES string of the molecule is CCOc1ccc(NC(=O)[C@@H]2[C@H]3C(=O)N([C@@H](CO)[C@@H](C)CC)C(C(=O)Nc4ccc(Cl)cc4)C34CC[C@H]2S4)cc1. The summed E-state index contributed by atoms with van der Waals surface area (Å²) in [5.41, 5.74) is 1.20. The molecule has 7 atom stereocenters. The summed E-state index contributed by atoms with van der Waals surface area (Å²) >= 11 is 7.64. The number of likely N-dealkylation sites (tertiary alicyclic amines) is 1. The van der Waals surface area contributed by atoms with Gasteiger partial charge in [-0.1, -0.05) is 31.9 Å². The van der Waals surface area contributed by atoms with Crippen LogP contribution < -0.4 is 15.4 Å². The van der Waals surface area contributed by atoms with Crippen LogP contribution in [0.5, 0.6) is 5.75 Å². The number of hydrogen-bond acceptors (Lipinski definition) is 6. The van der Waals surface area contributed by atoms with Crippen molar-refractivity contribution in [1.82, 2.24) is 4.90 Å². The number of thioether (sulfide) groups is 1. The topological polar surface area (TPSA) is 108 Å². The molecule has 0 radical (unpaired) electrons. The Morgan fingerprint density at radius 1 is 1.10 bits per heavy atom. The van der Waals surface area contributed by atoms with E-state index in [-0.39, 0.29) is 35.5 Å². The van der Waals surface area contributed by atoms with Crippen LogP contribution in [0.1, 0.15) is 40.0 Å². The van der Waals surface area contributed by atoms with Crippen molar-refractivity contribution in [1.29, 1.82) is 0 Å². The van der Waals surface area contributed by atoms with Gasteiger partial charge in [-0.25, -0.2) is 0 Å². The van der Waals surface area contributed by atoms with Gasteiger partial charge in [-0.3, -0.25) is 14.4 Å². The summed E-state index contributed by atoms with van der Waals surface area (Å²) in [7, 11) is 0. The zero-order valence-electron chi connectivity index (χ0n) is 22.9. The molecule has 3 fully saturated rings. The highest BCUT2D eigenvalue weighted by molar-refractivity contribution is 8.02. The minimum atomic E-state index is -0.815. The first-order valence-electron chi connectivity index (χ1n) is 13.9. The Morgan fingerprint density at radius 2 is 1.73 bits per heavy atom. The van der Waals surface area contributed by atoms with E-state index in [0.29, 0.717) is 35.2 Å². The quantitative estimate of drug-likeness (QED) is 0.369. The Labute approximate surface area is 244 Å². The van der Waals surface area contributed by atoms with Gasteiger partial charge >= 0.3 is 0 Å². The van der Waals surface area contributed by atoms with Gasteiger partial charge in [-0.2, -0.15) is 0 Å². The Hall–Kier alpha value is -2.75. The van der Waals surface area contributed by atoms with E-state index in [9.17, 15) is 19.5 Å². The molecule has 214 valence electrons. The van der Waals surface area contributed by atoms with Crippen molar-refractivity contribution in [2.45, 2.75) is 62.1 Å². The molecule has 0 aromatic heterocycles. The molecule has 5 rings (SSSR count). The van der Waals surface area contributed by atoms with Crippen LogP contribution in [0.15, 0.2) is 48.5 Å². The van der Waals surface area contributed by atoms with E-state index in [0.717, 1.165) is 12.8 Å². The van der Waals surface area contributed by atoms with Gasteiger partial charge in [0.15, 0.2) is 0 Å². The van der Waals surface area contributed by atoms with Crippen LogP contribution in [0, 0.1) is 17.8 Å². The molecule has 0 saturated carbocycles. The van der Waals surface area contributed by atoms with E-state index in [4.69, 9.17) is 16.3 Å². The maximum Gasteiger partial charge on any atom is 0.248 e. The third-order valence-electron chi connectivity index (χ3n) is 8.68. The standard InChI is InChI=1S/C30H36ClN3O5S/c1-4-17(3)22(16-35)34-26(28(37)33-19-8-6-18(31)7-9-19)30-15-14-23(40-30)24(25(30)29(34)38)27(36)32-20-10-12-21(13-11-20)39-5-2/h6-13,17,22-26,35H,4-5,14-16H2,1-3H3,(H,32,36)(H,33,37)/t17-,22-,23+,24-,25-,26?,30?/m0/s1. The monoisotopic (exact) mass is 585 g/mol. The molecule has 3 aliphatic rings. The number of ether oxygens (including phenoxy) is 1. The zero-order chi connectivity index (χ0) is 28.6. The minimum Gasteiger partial charge on any atom is -0.494 e. The number of rotatable bonds is 10. The minimum absolute atomic E-state index is 0.0339. The molecule has 2 unspecified atom stereocenters. The van der Waals surface area contributed by atoms with E-state index in [2.05, 4.69) is 10.6 Å². The number of carbonyl (C=O) groups is 3. The average Bonchev–Trinajstić information content (AvgIpc) is 3.59. The van der Waals surface area contributed by atoms with Gasteiger partial charge in [0.25, 0.3) is 0 Å². The summed E-state index contributed by atoms with van der Waals surface area (Å²) in [4.78, 5) is 43.7. The molecule has 3 heterocycles. The Kier molecular flexibility index (Phi) is 8.36. The molecule has 3 saturated heterocycles. The van der Waals surface area contributed by atoms with Crippen LogP contribution >= 0.6 is 23.4 Å². The lowest BCUT2D eigenvalue weighted by atomic mass is 9.70. The number of nitrogens with one attached hydrogen (secondary N) is 2. The number of aliphatic hydroxyl groups is 1. The highest BCUT2D eigenvalue weighted by Gasteiger charge is 2.74. The van der Waals surface area contributed by atoms with Gasteiger partial charge in [-0.15, -0.1) is 11.8 Å². The van der Waals surface area contributed by atoms with Crippen molar-refractivity contribution in [3.8, 4) is 5.75 Å². The van der Waals surface area contributed by atoms with Gasteiger partial charge in [0.1, 0.15) is 11.8 Å². The molecule has 2 bridgehead atoms. The molecule has 3 N–H and O–H groups in total. The Morgan fingerprint density at radius 3 is 2.33 bits per heavy atom. The highest BCUT2D eigenvalue weighted by Crippen LogP contribution is 2.67. The molecule has 1 spiro atoms. The van der Waals surface area contributed by atoms with Crippen molar-refractivity contribution in [3.05, 3.63) is 53.6 Å². The first-order chi connectivity index (χ1) is 19.2. The predicted molar refractivity (Wildman–Crippen MR) is 158 cm³/mol. The molecule has 0 aliphatic carbocycles. The lowest BCUT2D eigenvalue weighted by Gasteiger charge is -2.39. The van der Waals surface area contributed by atoms with E-state index in [1.807, 2.05) is 20.8 Å². The summed E-state index contributed by atoms with van der Waals surface area (Å²) < 4.78 is 4.75. The number of carbonyl (C=O) groups excluding carboxylic acids is 3. The maximum atomic E-state index is 14.3. The molecule has 10 heteroatoms. The van der Waals surface area contributed by atoms with E-state index >= 15 is 0 Å². The van der Waals surface area contributed by atoms with Gasteiger partial charge in [0, 0.05) is 21.6 Å². The van der Waals surface area contributed by atoms with Crippen LogP contribution in [-0.4, -0.2) is 63.0 Å². The molecule has 3 aliphatic heterocycles. The van der Waals surface area contributed by atoms with Gasteiger partial charge in [-0.05, 0) is 74.2 Å². The number of amides is 3. The smallest absolute Gasteiger partial charge is 0.248 e. The molecule has 3 amide bonds. The third-order valence-corrected chi connectivity index (χ3v) is 10.9. The van der Waals surface area contributed by atoms with Crippen molar-refractivity contribution >= 4 is 52.5 Å². The fourth-order valence-corrected chi connectivity index (χ4v) is 8.96. The second kappa shape index (κ2) is 11.6. The predicted octanol–water partition coefficient (Wildman–Crippen LogP) is 4.81. The Balaban J connectivity index is 1.47. The van der Waals surface area contributed by atoms with E-state index in [1.54, 1.807) is 65.2 Å². The van der Waals surface area contributed by atoms with Crippen molar-refractivity contribution < 1.29 is 24.2 Å². The second-order valence-electron chi connectivity index (χ2n) is 10.9. The maximum absolute atomic E-state index is 14.3. The number of hydrogen-bond donors (Lipinski definition) is 3. The third kappa shape index (κ3) is 4.97. The van der Waals surface area contributed by atoms with Crippen molar-refractivity contribution in [2.24, 2.45) is 17.8 Å². The van der Waals surface area contributed by atoms with Gasteiger partial charge < -0.3 is 25.4 Å². The lowest BCUT2D eigenvalue weighted by Crippen LogP contribution is -2.56. The van der Waals surface area contributed by atoms with Crippen molar-refractivity contribution in [3.63, 3.8) is 0 Å². The van der Waals surface area contributed by atoms with E-state index < -0.39 is 28.7 Å². The number of aliphatic hydroxyl groups excluding tert-OH is 1.